The van der Waals surface area contributed by atoms with Gasteiger partial charge in [0.25, 0.3) is 5.91 Å². The second-order valence-electron chi connectivity index (χ2n) is 4.20. The zero-order valence-corrected chi connectivity index (χ0v) is 11.1. The molecule has 2 rings (SSSR count). The first-order valence-corrected chi connectivity index (χ1v) is 6.04. The van der Waals surface area contributed by atoms with Gasteiger partial charge >= 0.3 is 6.18 Å². The molecule has 0 radical (unpaired) electrons. The summed E-state index contributed by atoms with van der Waals surface area (Å²) >= 11 is 0. The van der Waals surface area contributed by atoms with Crippen LogP contribution in [0.4, 0.5) is 18.9 Å². The van der Waals surface area contributed by atoms with Crippen molar-refractivity contribution in [2.24, 2.45) is 0 Å². The van der Waals surface area contributed by atoms with Crippen molar-refractivity contribution in [1.82, 2.24) is 0 Å². The number of amides is 1. The van der Waals surface area contributed by atoms with E-state index in [1.807, 2.05) is 0 Å². The maximum Gasteiger partial charge on any atom is 0.420 e. The lowest BCUT2D eigenvalue weighted by Gasteiger charge is -2.16. The van der Waals surface area contributed by atoms with Crippen molar-refractivity contribution >= 4 is 11.6 Å². The first-order valence-electron chi connectivity index (χ1n) is 6.04. The summed E-state index contributed by atoms with van der Waals surface area (Å²) in [5, 5.41) is 2.43. The number of halogens is 3. The Morgan fingerprint density at radius 3 is 2.29 bits per heavy atom. The van der Waals surface area contributed by atoms with Crippen LogP contribution in [-0.2, 0) is 6.18 Å². The Hall–Kier alpha value is -2.50. The van der Waals surface area contributed by atoms with Gasteiger partial charge in [-0.05, 0) is 24.3 Å². The maximum atomic E-state index is 12.9. The highest BCUT2D eigenvalue weighted by Gasteiger charge is 2.35. The number of carbonyl (C=O) groups is 1. The first-order chi connectivity index (χ1) is 9.93. The molecule has 6 heteroatoms. The number of alkyl halides is 3. The number of hydrogen-bond donors (Lipinski definition) is 1. The smallest absolute Gasteiger partial charge is 0.420 e. The molecule has 0 saturated heterocycles. The molecule has 0 aromatic heterocycles. The van der Waals surface area contributed by atoms with Crippen LogP contribution in [0, 0.1) is 0 Å². The van der Waals surface area contributed by atoms with E-state index in [2.05, 4.69) is 5.32 Å². The molecule has 0 saturated carbocycles. The Morgan fingerprint density at radius 2 is 1.71 bits per heavy atom. The molecule has 0 heterocycles. The number of benzene rings is 2. The van der Waals surface area contributed by atoms with Crippen LogP contribution in [0.25, 0.3) is 0 Å². The van der Waals surface area contributed by atoms with Gasteiger partial charge in [-0.2, -0.15) is 13.2 Å². The van der Waals surface area contributed by atoms with Crippen molar-refractivity contribution in [3.05, 3.63) is 59.7 Å². The number of methoxy groups -OCH3 is 1. The Kier molecular flexibility index (Phi) is 4.16. The van der Waals surface area contributed by atoms with E-state index in [0.29, 0.717) is 5.56 Å². The lowest BCUT2D eigenvalue weighted by Crippen LogP contribution is -2.15. The van der Waals surface area contributed by atoms with Gasteiger partial charge in [-0.1, -0.05) is 24.3 Å². The standard InChI is InChI=1S/C15H12F3NO2/c1-21-13-11(15(16,17)18)8-5-9-12(13)19-14(20)10-6-3-2-4-7-10/h2-9H,1H3,(H,19,20). The van der Waals surface area contributed by atoms with Gasteiger partial charge in [-0.3, -0.25) is 4.79 Å². The summed E-state index contributed by atoms with van der Waals surface area (Å²) in [6, 6.07) is 11.7. The van der Waals surface area contributed by atoms with Gasteiger partial charge in [0.05, 0.1) is 18.4 Å². The van der Waals surface area contributed by atoms with E-state index in [4.69, 9.17) is 4.74 Å². The molecule has 0 bridgehead atoms. The zero-order chi connectivity index (χ0) is 15.5. The maximum absolute atomic E-state index is 12.9. The molecule has 0 aliphatic heterocycles. The Labute approximate surface area is 119 Å². The number of anilines is 1. The second-order valence-corrected chi connectivity index (χ2v) is 4.20. The molecule has 0 aliphatic rings. The van der Waals surface area contributed by atoms with Crippen LogP contribution in [0.15, 0.2) is 48.5 Å². The predicted molar refractivity (Wildman–Crippen MR) is 72.4 cm³/mol. The van der Waals surface area contributed by atoms with E-state index in [1.165, 1.54) is 12.1 Å². The normalized spacial score (nSPS) is 11.0. The van der Waals surface area contributed by atoms with Crippen LogP contribution in [0.2, 0.25) is 0 Å². The van der Waals surface area contributed by atoms with E-state index in [1.54, 1.807) is 30.3 Å². The molecule has 0 atom stereocenters. The quantitative estimate of drug-likeness (QED) is 0.930. The molecular weight excluding hydrogens is 283 g/mol. The highest BCUT2D eigenvalue weighted by Crippen LogP contribution is 2.40. The predicted octanol–water partition coefficient (Wildman–Crippen LogP) is 3.97. The minimum Gasteiger partial charge on any atom is -0.494 e. The SMILES string of the molecule is COc1c(NC(=O)c2ccccc2)cccc1C(F)(F)F. The third-order valence-electron chi connectivity index (χ3n) is 2.81. The fourth-order valence-corrected chi connectivity index (χ4v) is 1.86. The van der Waals surface area contributed by atoms with Gasteiger partial charge in [0.2, 0.25) is 0 Å². The summed E-state index contributed by atoms with van der Waals surface area (Å²) in [6.07, 6.45) is -4.56. The molecule has 0 fully saturated rings. The van der Waals surface area contributed by atoms with Crippen LogP contribution in [-0.4, -0.2) is 13.0 Å². The van der Waals surface area contributed by atoms with Crippen LogP contribution in [0.1, 0.15) is 15.9 Å². The second kappa shape index (κ2) is 5.87. The zero-order valence-electron chi connectivity index (χ0n) is 11.1. The molecule has 110 valence electrons. The number of rotatable bonds is 3. The molecule has 0 aliphatic carbocycles. The van der Waals surface area contributed by atoms with Gasteiger partial charge in [-0.15, -0.1) is 0 Å². The van der Waals surface area contributed by atoms with Crippen LogP contribution in [0.3, 0.4) is 0 Å². The fraction of sp³-hybridized carbons (Fsp3) is 0.133. The summed E-state index contributed by atoms with van der Waals surface area (Å²) in [6.45, 7) is 0. The lowest BCUT2D eigenvalue weighted by atomic mass is 10.1. The highest BCUT2D eigenvalue weighted by molar-refractivity contribution is 6.05. The van der Waals surface area contributed by atoms with E-state index < -0.39 is 23.4 Å². The van der Waals surface area contributed by atoms with Gasteiger partial charge in [0.1, 0.15) is 0 Å². The fourth-order valence-electron chi connectivity index (χ4n) is 1.86. The molecule has 0 spiro atoms. The molecule has 1 N–H and O–H groups in total. The summed E-state index contributed by atoms with van der Waals surface area (Å²) in [7, 11) is 1.13. The highest BCUT2D eigenvalue weighted by atomic mass is 19.4. The van der Waals surface area contributed by atoms with E-state index in [0.717, 1.165) is 13.2 Å². The molecule has 2 aromatic carbocycles. The van der Waals surface area contributed by atoms with E-state index in [9.17, 15) is 18.0 Å². The number of ether oxygens (including phenoxy) is 1. The third kappa shape index (κ3) is 3.34. The van der Waals surface area contributed by atoms with Crippen molar-refractivity contribution in [2.75, 3.05) is 12.4 Å². The topological polar surface area (TPSA) is 38.3 Å². The Morgan fingerprint density at radius 1 is 1.05 bits per heavy atom. The van der Waals surface area contributed by atoms with Crippen LogP contribution < -0.4 is 10.1 Å². The van der Waals surface area contributed by atoms with Crippen molar-refractivity contribution < 1.29 is 22.7 Å². The monoisotopic (exact) mass is 295 g/mol. The number of hydrogen-bond acceptors (Lipinski definition) is 2. The summed E-state index contributed by atoms with van der Waals surface area (Å²) < 4.78 is 43.5. The minimum atomic E-state index is -4.56. The average Bonchev–Trinajstić information content (AvgIpc) is 2.47. The number of para-hydroxylation sites is 1. The third-order valence-corrected chi connectivity index (χ3v) is 2.81. The largest absolute Gasteiger partial charge is 0.494 e. The van der Waals surface area contributed by atoms with Crippen molar-refractivity contribution in [2.45, 2.75) is 6.18 Å². The van der Waals surface area contributed by atoms with Crippen LogP contribution in [0.5, 0.6) is 5.75 Å². The van der Waals surface area contributed by atoms with Gasteiger partial charge in [0.15, 0.2) is 5.75 Å². The molecule has 0 unspecified atom stereocenters. The average molecular weight is 295 g/mol. The van der Waals surface area contributed by atoms with Crippen molar-refractivity contribution in [3.63, 3.8) is 0 Å². The van der Waals surface area contributed by atoms with Gasteiger partial charge in [-0.25, -0.2) is 0 Å². The summed E-state index contributed by atoms with van der Waals surface area (Å²) in [5.74, 6) is -0.914. The van der Waals surface area contributed by atoms with E-state index >= 15 is 0 Å². The molecule has 2 aromatic rings. The van der Waals surface area contributed by atoms with Gasteiger partial charge < -0.3 is 10.1 Å². The number of nitrogens with one attached hydrogen (secondary N) is 1. The molecular formula is C15H12F3NO2. The lowest BCUT2D eigenvalue weighted by molar-refractivity contribution is -0.138. The molecule has 1 amide bonds. The first kappa shape index (κ1) is 14.9. The summed E-state index contributed by atoms with van der Waals surface area (Å²) in [4.78, 5) is 12.0. The Bertz CT molecular complexity index is 639. The molecule has 3 nitrogen and oxygen atoms in total. The minimum absolute atomic E-state index is 0.0267. The van der Waals surface area contributed by atoms with Gasteiger partial charge in [0, 0.05) is 5.56 Å². The summed E-state index contributed by atoms with van der Waals surface area (Å²) in [5.41, 5.74) is -0.617. The van der Waals surface area contributed by atoms with E-state index in [-0.39, 0.29) is 5.69 Å². The number of carbonyl (C=O) groups excluding carboxylic acids is 1. The van der Waals surface area contributed by atoms with Crippen LogP contribution >= 0.6 is 0 Å². The van der Waals surface area contributed by atoms with Crippen molar-refractivity contribution in [3.8, 4) is 5.75 Å². The van der Waals surface area contributed by atoms with Crippen molar-refractivity contribution in [1.29, 1.82) is 0 Å². The Balaban J connectivity index is 2.35. The molecule has 21 heavy (non-hydrogen) atoms.